The van der Waals surface area contributed by atoms with Crippen molar-refractivity contribution in [3.05, 3.63) is 60.2 Å². The molecule has 0 saturated heterocycles. The third-order valence-electron chi connectivity index (χ3n) is 3.47. The van der Waals surface area contributed by atoms with Gasteiger partial charge >= 0.3 is 0 Å². The molecule has 2 heterocycles. The summed E-state index contributed by atoms with van der Waals surface area (Å²) in [6.07, 6.45) is 5.01. The summed E-state index contributed by atoms with van der Waals surface area (Å²) in [5, 5.41) is 0. The number of benzene rings is 1. The lowest BCUT2D eigenvalue weighted by molar-refractivity contribution is 0.464. The van der Waals surface area contributed by atoms with Crippen molar-refractivity contribution < 1.29 is 4.74 Å². The first-order chi connectivity index (χ1) is 10.6. The van der Waals surface area contributed by atoms with Crippen LogP contribution in [0.25, 0.3) is 11.3 Å². The number of hydrogen-bond donors (Lipinski definition) is 1. The summed E-state index contributed by atoms with van der Waals surface area (Å²) in [5.74, 6) is 1.15. The van der Waals surface area contributed by atoms with E-state index in [1.54, 1.807) is 18.5 Å². The number of rotatable bonds is 3. The van der Waals surface area contributed by atoms with Crippen molar-refractivity contribution in [2.24, 2.45) is 0 Å². The number of pyridine rings is 1. The molecule has 22 heavy (non-hydrogen) atoms. The number of nitrogens with two attached hydrogens (primary N) is 1. The number of ether oxygens (including phenoxy) is 1. The van der Waals surface area contributed by atoms with Crippen LogP contribution in [0.1, 0.15) is 11.1 Å². The Bertz CT molecular complexity index is 803. The van der Waals surface area contributed by atoms with Gasteiger partial charge in [0, 0.05) is 24.1 Å². The van der Waals surface area contributed by atoms with Crippen molar-refractivity contribution >= 4 is 5.69 Å². The zero-order chi connectivity index (χ0) is 15.5. The van der Waals surface area contributed by atoms with E-state index in [4.69, 9.17) is 10.5 Å². The van der Waals surface area contributed by atoms with Crippen LogP contribution < -0.4 is 10.5 Å². The Hall–Kier alpha value is -2.95. The SMILES string of the molecule is Cc1cnc(Oc2cccc(N)c2)c(-c2ccncn2)c1C. The minimum Gasteiger partial charge on any atom is -0.438 e. The molecule has 0 atom stereocenters. The van der Waals surface area contributed by atoms with Gasteiger partial charge < -0.3 is 10.5 Å². The van der Waals surface area contributed by atoms with Crippen molar-refractivity contribution in [1.82, 2.24) is 15.0 Å². The number of aryl methyl sites for hydroxylation is 1. The standard InChI is InChI=1S/C17H16N4O/c1-11-9-20-17(22-14-5-3-4-13(18)8-14)16(12(11)2)15-6-7-19-10-21-15/h3-10H,18H2,1-2H3. The molecule has 3 aromatic rings. The average molecular weight is 292 g/mol. The van der Waals surface area contributed by atoms with Gasteiger partial charge in [-0.1, -0.05) is 6.07 Å². The molecule has 0 aliphatic carbocycles. The summed E-state index contributed by atoms with van der Waals surface area (Å²) in [6.45, 7) is 4.04. The molecule has 0 amide bonds. The molecule has 0 aliphatic heterocycles. The molecule has 0 unspecified atom stereocenters. The van der Waals surface area contributed by atoms with Gasteiger partial charge in [0.05, 0.1) is 11.3 Å². The first-order valence-electron chi connectivity index (χ1n) is 6.91. The van der Waals surface area contributed by atoms with Crippen LogP contribution in [0.4, 0.5) is 5.69 Å². The molecule has 3 rings (SSSR count). The predicted molar refractivity (Wildman–Crippen MR) is 85.7 cm³/mol. The maximum absolute atomic E-state index is 5.93. The van der Waals surface area contributed by atoms with Gasteiger partial charge in [0.1, 0.15) is 12.1 Å². The van der Waals surface area contributed by atoms with Gasteiger partial charge in [-0.2, -0.15) is 0 Å². The average Bonchev–Trinajstić information content (AvgIpc) is 2.52. The van der Waals surface area contributed by atoms with Gasteiger partial charge in [0.25, 0.3) is 0 Å². The minimum absolute atomic E-state index is 0.507. The highest BCUT2D eigenvalue weighted by Crippen LogP contribution is 2.34. The smallest absolute Gasteiger partial charge is 0.228 e. The van der Waals surface area contributed by atoms with Crippen LogP contribution in [0.5, 0.6) is 11.6 Å². The van der Waals surface area contributed by atoms with Gasteiger partial charge in [-0.3, -0.25) is 0 Å². The van der Waals surface area contributed by atoms with Crippen molar-refractivity contribution in [3.8, 4) is 22.9 Å². The highest BCUT2D eigenvalue weighted by atomic mass is 16.5. The van der Waals surface area contributed by atoms with E-state index in [-0.39, 0.29) is 0 Å². The molecule has 0 radical (unpaired) electrons. The molecule has 2 aromatic heterocycles. The van der Waals surface area contributed by atoms with Crippen LogP contribution in [-0.2, 0) is 0 Å². The molecule has 0 spiro atoms. The Morgan fingerprint density at radius 3 is 2.68 bits per heavy atom. The maximum Gasteiger partial charge on any atom is 0.228 e. The maximum atomic E-state index is 5.93. The van der Waals surface area contributed by atoms with Gasteiger partial charge in [-0.05, 0) is 43.2 Å². The third-order valence-corrected chi connectivity index (χ3v) is 3.47. The highest BCUT2D eigenvalue weighted by Gasteiger charge is 2.15. The zero-order valence-corrected chi connectivity index (χ0v) is 12.4. The van der Waals surface area contributed by atoms with Crippen molar-refractivity contribution in [3.63, 3.8) is 0 Å². The molecule has 0 saturated carbocycles. The number of nitrogens with zero attached hydrogens (tertiary/aromatic N) is 3. The second-order valence-corrected chi connectivity index (χ2v) is 5.02. The normalized spacial score (nSPS) is 10.5. The predicted octanol–water partition coefficient (Wildman–Crippen LogP) is 3.53. The molecular weight excluding hydrogens is 276 g/mol. The quantitative estimate of drug-likeness (QED) is 0.747. The van der Waals surface area contributed by atoms with E-state index < -0.39 is 0 Å². The van der Waals surface area contributed by atoms with Gasteiger partial charge in [-0.25, -0.2) is 15.0 Å². The first-order valence-corrected chi connectivity index (χ1v) is 6.91. The second-order valence-electron chi connectivity index (χ2n) is 5.02. The largest absolute Gasteiger partial charge is 0.438 e. The van der Waals surface area contributed by atoms with Crippen LogP contribution in [-0.4, -0.2) is 15.0 Å². The molecule has 0 aliphatic rings. The lowest BCUT2D eigenvalue weighted by Crippen LogP contribution is -1.98. The van der Waals surface area contributed by atoms with Crippen LogP contribution >= 0.6 is 0 Å². The molecule has 1 aromatic carbocycles. The highest BCUT2D eigenvalue weighted by molar-refractivity contribution is 5.70. The lowest BCUT2D eigenvalue weighted by atomic mass is 10.0. The van der Waals surface area contributed by atoms with E-state index in [1.807, 2.05) is 38.1 Å². The van der Waals surface area contributed by atoms with Crippen molar-refractivity contribution in [2.45, 2.75) is 13.8 Å². The summed E-state index contributed by atoms with van der Waals surface area (Å²) in [6, 6.07) is 9.11. The number of hydrogen-bond acceptors (Lipinski definition) is 5. The van der Waals surface area contributed by atoms with E-state index in [0.717, 1.165) is 22.4 Å². The van der Waals surface area contributed by atoms with Crippen LogP contribution in [0, 0.1) is 13.8 Å². The Morgan fingerprint density at radius 2 is 1.95 bits per heavy atom. The Kier molecular flexibility index (Phi) is 3.70. The summed E-state index contributed by atoms with van der Waals surface area (Å²) in [7, 11) is 0. The van der Waals surface area contributed by atoms with E-state index in [0.29, 0.717) is 17.3 Å². The van der Waals surface area contributed by atoms with E-state index >= 15 is 0 Å². The fourth-order valence-corrected chi connectivity index (χ4v) is 2.18. The molecule has 0 bridgehead atoms. The third kappa shape index (κ3) is 2.74. The Labute approximate surface area is 128 Å². The van der Waals surface area contributed by atoms with Crippen LogP contribution in [0.3, 0.4) is 0 Å². The van der Waals surface area contributed by atoms with Crippen molar-refractivity contribution in [1.29, 1.82) is 0 Å². The molecule has 0 fully saturated rings. The van der Waals surface area contributed by atoms with E-state index in [2.05, 4.69) is 15.0 Å². The topological polar surface area (TPSA) is 73.9 Å². The Morgan fingerprint density at radius 1 is 1.09 bits per heavy atom. The summed E-state index contributed by atoms with van der Waals surface area (Å²) >= 11 is 0. The summed E-state index contributed by atoms with van der Waals surface area (Å²) in [4.78, 5) is 12.7. The molecule has 5 nitrogen and oxygen atoms in total. The van der Waals surface area contributed by atoms with Gasteiger partial charge in [0.15, 0.2) is 0 Å². The van der Waals surface area contributed by atoms with E-state index in [1.165, 1.54) is 6.33 Å². The molecule has 5 heteroatoms. The number of aromatic nitrogens is 3. The number of nitrogen functional groups attached to an aromatic ring is 1. The van der Waals surface area contributed by atoms with E-state index in [9.17, 15) is 0 Å². The molecule has 2 N–H and O–H groups in total. The van der Waals surface area contributed by atoms with Gasteiger partial charge in [0.2, 0.25) is 5.88 Å². The minimum atomic E-state index is 0.507. The molecular formula is C17H16N4O. The second kappa shape index (κ2) is 5.81. The fourth-order valence-electron chi connectivity index (χ4n) is 2.18. The fraction of sp³-hybridized carbons (Fsp3) is 0.118. The lowest BCUT2D eigenvalue weighted by Gasteiger charge is -2.14. The number of anilines is 1. The summed E-state index contributed by atoms with van der Waals surface area (Å²) in [5.41, 5.74) is 10.2. The Balaban J connectivity index is 2.10. The molecule has 110 valence electrons. The van der Waals surface area contributed by atoms with Crippen molar-refractivity contribution in [2.75, 3.05) is 5.73 Å². The van der Waals surface area contributed by atoms with Crippen LogP contribution in [0.15, 0.2) is 49.1 Å². The van der Waals surface area contributed by atoms with Crippen LogP contribution in [0.2, 0.25) is 0 Å². The first kappa shape index (κ1) is 14.0. The monoisotopic (exact) mass is 292 g/mol. The zero-order valence-electron chi connectivity index (χ0n) is 12.4. The van der Waals surface area contributed by atoms with Gasteiger partial charge in [-0.15, -0.1) is 0 Å². The summed E-state index contributed by atoms with van der Waals surface area (Å²) < 4.78 is 5.93.